The standard InChI is InChI=1S/C16H24BNO3/c1-15(2)16(3,4)21-17(20-15)12-9-13(14(19)18-10-12)11-7-5-6-8-11/h9-11H,5-8H2,1-4H3,(H,18,19). The number of hydrogen-bond acceptors (Lipinski definition) is 3. The van der Waals surface area contributed by atoms with Crippen molar-refractivity contribution in [3.8, 4) is 0 Å². The number of hydrogen-bond donors (Lipinski definition) is 1. The lowest BCUT2D eigenvalue weighted by molar-refractivity contribution is 0.00578. The number of pyridine rings is 1. The molecule has 1 saturated carbocycles. The van der Waals surface area contributed by atoms with Crippen LogP contribution in [-0.4, -0.2) is 23.3 Å². The number of H-pyrrole nitrogens is 1. The van der Waals surface area contributed by atoms with Crippen LogP contribution in [0, 0.1) is 0 Å². The van der Waals surface area contributed by atoms with E-state index in [0.29, 0.717) is 5.92 Å². The minimum absolute atomic E-state index is 0.0298. The van der Waals surface area contributed by atoms with E-state index < -0.39 is 7.12 Å². The summed E-state index contributed by atoms with van der Waals surface area (Å²) in [5.41, 5.74) is 1.11. The number of aromatic nitrogens is 1. The molecule has 3 rings (SSSR count). The second-order valence-electron chi connectivity index (χ2n) is 7.29. The summed E-state index contributed by atoms with van der Waals surface area (Å²) in [6, 6.07) is 1.98. The SMILES string of the molecule is CC1(C)OB(c2c[nH]c(=O)c(C3CCCC3)c2)OC1(C)C. The Morgan fingerprint density at radius 3 is 2.29 bits per heavy atom. The molecule has 2 aliphatic rings. The molecule has 1 aromatic rings. The van der Waals surface area contributed by atoms with E-state index in [4.69, 9.17) is 9.31 Å². The molecule has 1 aromatic heterocycles. The average molecular weight is 289 g/mol. The van der Waals surface area contributed by atoms with Crippen molar-refractivity contribution in [2.75, 3.05) is 0 Å². The van der Waals surface area contributed by atoms with Crippen molar-refractivity contribution in [3.05, 3.63) is 28.2 Å². The second kappa shape index (κ2) is 4.99. The fourth-order valence-electron chi connectivity index (χ4n) is 3.17. The highest BCUT2D eigenvalue weighted by atomic mass is 16.7. The van der Waals surface area contributed by atoms with E-state index in [1.807, 2.05) is 33.8 Å². The zero-order valence-corrected chi connectivity index (χ0v) is 13.4. The van der Waals surface area contributed by atoms with Gasteiger partial charge in [0.1, 0.15) is 0 Å². The van der Waals surface area contributed by atoms with Gasteiger partial charge in [0.2, 0.25) is 0 Å². The minimum atomic E-state index is -0.410. The molecule has 2 fully saturated rings. The maximum Gasteiger partial charge on any atom is 0.496 e. The summed E-state index contributed by atoms with van der Waals surface area (Å²) >= 11 is 0. The smallest absolute Gasteiger partial charge is 0.399 e. The van der Waals surface area contributed by atoms with Gasteiger partial charge in [-0.1, -0.05) is 18.9 Å². The quantitative estimate of drug-likeness (QED) is 0.850. The fraction of sp³-hybridized carbons (Fsp3) is 0.688. The third kappa shape index (κ3) is 2.57. The molecular weight excluding hydrogens is 265 g/mol. The van der Waals surface area contributed by atoms with Gasteiger partial charge in [0.25, 0.3) is 5.56 Å². The molecule has 0 spiro atoms. The summed E-state index contributed by atoms with van der Waals surface area (Å²) in [6.07, 6.45) is 6.37. The van der Waals surface area contributed by atoms with Crippen molar-refractivity contribution < 1.29 is 9.31 Å². The van der Waals surface area contributed by atoms with Gasteiger partial charge in [-0.15, -0.1) is 0 Å². The van der Waals surface area contributed by atoms with Gasteiger partial charge in [0, 0.05) is 11.8 Å². The van der Waals surface area contributed by atoms with Crippen LogP contribution in [0.5, 0.6) is 0 Å². The van der Waals surface area contributed by atoms with Gasteiger partial charge in [-0.3, -0.25) is 4.79 Å². The first-order valence-corrected chi connectivity index (χ1v) is 7.88. The largest absolute Gasteiger partial charge is 0.496 e. The Morgan fingerprint density at radius 1 is 1.14 bits per heavy atom. The first-order valence-electron chi connectivity index (χ1n) is 7.88. The number of rotatable bonds is 2. The summed E-state index contributed by atoms with van der Waals surface area (Å²) in [5, 5.41) is 0. The van der Waals surface area contributed by atoms with E-state index >= 15 is 0 Å². The first-order chi connectivity index (χ1) is 9.80. The molecule has 0 atom stereocenters. The topological polar surface area (TPSA) is 51.3 Å². The van der Waals surface area contributed by atoms with E-state index in [0.717, 1.165) is 23.9 Å². The Hall–Kier alpha value is -1.07. The molecule has 21 heavy (non-hydrogen) atoms. The van der Waals surface area contributed by atoms with E-state index in [1.165, 1.54) is 12.8 Å². The molecule has 1 N–H and O–H groups in total. The predicted octanol–water partition coefficient (Wildman–Crippen LogP) is 2.33. The summed E-state index contributed by atoms with van der Waals surface area (Å²) in [4.78, 5) is 15.0. The number of nitrogens with one attached hydrogen (secondary N) is 1. The Balaban J connectivity index is 1.90. The van der Waals surface area contributed by atoms with Gasteiger partial charge >= 0.3 is 7.12 Å². The van der Waals surface area contributed by atoms with Crippen molar-refractivity contribution in [3.63, 3.8) is 0 Å². The Morgan fingerprint density at radius 2 is 1.71 bits per heavy atom. The van der Waals surface area contributed by atoms with Crippen molar-refractivity contribution in [1.82, 2.24) is 4.98 Å². The van der Waals surface area contributed by atoms with Crippen molar-refractivity contribution in [2.24, 2.45) is 0 Å². The van der Waals surface area contributed by atoms with Crippen molar-refractivity contribution in [2.45, 2.75) is 70.5 Å². The molecule has 0 aromatic carbocycles. The van der Waals surface area contributed by atoms with E-state index in [2.05, 4.69) is 4.98 Å². The molecule has 2 heterocycles. The molecule has 0 radical (unpaired) electrons. The lowest BCUT2D eigenvalue weighted by Gasteiger charge is -2.32. The third-order valence-corrected chi connectivity index (χ3v) is 5.27. The number of aromatic amines is 1. The molecule has 5 heteroatoms. The Kier molecular flexibility index (Phi) is 3.53. The summed E-state index contributed by atoms with van der Waals surface area (Å²) in [6.45, 7) is 8.15. The van der Waals surface area contributed by atoms with Gasteiger partial charge in [0.05, 0.1) is 11.2 Å². The molecule has 0 bridgehead atoms. The fourth-order valence-corrected chi connectivity index (χ4v) is 3.17. The molecule has 0 amide bonds. The zero-order chi connectivity index (χ0) is 15.3. The Bertz CT molecular complexity index is 571. The summed E-state index contributed by atoms with van der Waals surface area (Å²) in [7, 11) is -0.410. The molecule has 1 saturated heterocycles. The van der Waals surface area contributed by atoms with Gasteiger partial charge in [-0.25, -0.2) is 0 Å². The van der Waals surface area contributed by atoms with Crippen LogP contribution >= 0.6 is 0 Å². The summed E-state index contributed by atoms with van der Waals surface area (Å²) < 4.78 is 12.1. The molecule has 114 valence electrons. The van der Waals surface area contributed by atoms with Crippen LogP contribution in [0.1, 0.15) is 64.9 Å². The predicted molar refractivity (Wildman–Crippen MR) is 84.0 cm³/mol. The maximum absolute atomic E-state index is 12.1. The van der Waals surface area contributed by atoms with Crippen LogP contribution in [0.3, 0.4) is 0 Å². The van der Waals surface area contributed by atoms with Gasteiger partial charge in [0.15, 0.2) is 0 Å². The lowest BCUT2D eigenvalue weighted by Crippen LogP contribution is -2.41. The van der Waals surface area contributed by atoms with Crippen LogP contribution in [0.15, 0.2) is 17.1 Å². The lowest BCUT2D eigenvalue weighted by atomic mass is 9.78. The third-order valence-electron chi connectivity index (χ3n) is 5.27. The first kappa shape index (κ1) is 14.9. The summed E-state index contributed by atoms with van der Waals surface area (Å²) in [5.74, 6) is 0.385. The Labute approximate surface area is 126 Å². The normalized spacial score (nSPS) is 24.7. The van der Waals surface area contributed by atoms with Crippen LogP contribution < -0.4 is 11.0 Å². The highest BCUT2D eigenvalue weighted by Gasteiger charge is 2.51. The van der Waals surface area contributed by atoms with Crippen LogP contribution in [0.2, 0.25) is 0 Å². The molecule has 1 aliphatic heterocycles. The van der Waals surface area contributed by atoms with Crippen molar-refractivity contribution >= 4 is 12.6 Å². The molecule has 1 aliphatic carbocycles. The maximum atomic E-state index is 12.1. The van der Waals surface area contributed by atoms with E-state index in [1.54, 1.807) is 6.20 Å². The van der Waals surface area contributed by atoms with Crippen LogP contribution in [0.25, 0.3) is 0 Å². The monoisotopic (exact) mass is 289 g/mol. The molecule has 0 unspecified atom stereocenters. The minimum Gasteiger partial charge on any atom is -0.399 e. The average Bonchev–Trinajstić information content (AvgIpc) is 2.97. The van der Waals surface area contributed by atoms with Gasteiger partial charge in [-0.2, -0.15) is 0 Å². The van der Waals surface area contributed by atoms with E-state index in [9.17, 15) is 4.79 Å². The van der Waals surface area contributed by atoms with E-state index in [-0.39, 0.29) is 16.8 Å². The van der Waals surface area contributed by atoms with Gasteiger partial charge < -0.3 is 14.3 Å². The molecule has 4 nitrogen and oxygen atoms in total. The highest BCUT2D eigenvalue weighted by Crippen LogP contribution is 2.37. The van der Waals surface area contributed by atoms with Crippen LogP contribution in [-0.2, 0) is 9.31 Å². The molecular formula is C16H24BNO3. The zero-order valence-electron chi connectivity index (χ0n) is 13.4. The van der Waals surface area contributed by atoms with Gasteiger partial charge in [-0.05, 0) is 51.9 Å². The van der Waals surface area contributed by atoms with Crippen LogP contribution in [0.4, 0.5) is 0 Å². The highest BCUT2D eigenvalue weighted by molar-refractivity contribution is 6.62. The van der Waals surface area contributed by atoms with Crippen molar-refractivity contribution in [1.29, 1.82) is 0 Å². The second-order valence-corrected chi connectivity index (χ2v) is 7.29.